The molecule has 4 rings (SSSR count). The molecule has 1 N–H and O–H groups in total. The number of rotatable bonds is 6. The van der Waals surface area contributed by atoms with Crippen molar-refractivity contribution in [2.24, 2.45) is 0 Å². The lowest BCUT2D eigenvalue weighted by Gasteiger charge is -2.32. The normalized spacial score (nSPS) is 16.1. The van der Waals surface area contributed by atoms with Crippen molar-refractivity contribution in [1.82, 2.24) is 14.7 Å². The number of hydrogen-bond acceptors (Lipinski definition) is 4. The summed E-state index contributed by atoms with van der Waals surface area (Å²) in [5.41, 5.74) is 1.39. The molecular formula is C22H21F3N4O3. The molecule has 0 spiro atoms. The molecule has 7 nitrogen and oxygen atoms in total. The summed E-state index contributed by atoms with van der Waals surface area (Å²) in [5.74, 6) is -1.79. The summed E-state index contributed by atoms with van der Waals surface area (Å²) in [6.45, 7) is 1.30. The van der Waals surface area contributed by atoms with E-state index in [0.29, 0.717) is 18.8 Å². The number of carbonyl (C=O) groups is 1. The molecule has 2 heterocycles. The molecule has 0 aliphatic carbocycles. The van der Waals surface area contributed by atoms with E-state index < -0.39 is 17.7 Å². The van der Waals surface area contributed by atoms with E-state index in [1.807, 2.05) is 0 Å². The van der Waals surface area contributed by atoms with E-state index in [2.05, 4.69) is 10.4 Å². The van der Waals surface area contributed by atoms with Gasteiger partial charge in [0.05, 0.1) is 31.6 Å². The number of anilines is 1. The Balaban J connectivity index is 1.29. The van der Waals surface area contributed by atoms with Crippen LogP contribution in [0.15, 0.2) is 54.9 Å². The van der Waals surface area contributed by atoms with E-state index in [9.17, 15) is 18.0 Å². The summed E-state index contributed by atoms with van der Waals surface area (Å²) >= 11 is 0. The van der Waals surface area contributed by atoms with Crippen LogP contribution >= 0.6 is 0 Å². The van der Waals surface area contributed by atoms with Crippen LogP contribution in [0.5, 0.6) is 5.75 Å². The van der Waals surface area contributed by atoms with Gasteiger partial charge >= 0.3 is 6.03 Å². The zero-order valence-electron chi connectivity index (χ0n) is 17.0. The average Bonchev–Trinajstić information content (AvgIpc) is 3.23. The van der Waals surface area contributed by atoms with Gasteiger partial charge in [-0.3, -0.25) is 4.68 Å². The van der Waals surface area contributed by atoms with Crippen LogP contribution in [0.25, 0.3) is 0 Å². The van der Waals surface area contributed by atoms with Crippen molar-refractivity contribution in [3.05, 3.63) is 77.9 Å². The van der Waals surface area contributed by atoms with Crippen molar-refractivity contribution in [1.29, 1.82) is 0 Å². The summed E-state index contributed by atoms with van der Waals surface area (Å²) < 4.78 is 52.5. The monoisotopic (exact) mass is 446 g/mol. The van der Waals surface area contributed by atoms with Crippen molar-refractivity contribution in [2.75, 3.05) is 31.6 Å². The van der Waals surface area contributed by atoms with Crippen LogP contribution in [0.3, 0.4) is 0 Å². The smallest absolute Gasteiger partial charge is 0.322 e. The summed E-state index contributed by atoms with van der Waals surface area (Å²) in [6, 6.07) is 8.71. The summed E-state index contributed by atoms with van der Waals surface area (Å²) in [7, 11) is 0. The van der Waals surface area contributed by atoms with Crippen molar-refractivity contribution in [2.45, 2.75) is 12.6 Å². The molecular weight excluding hydrogens is 425 g/mol. The molecule has 1 fully saturated rings. The predicted molar refractivity (Wildman–Crippen MR) is 110 cm³/mol. The summed E-state index contributed by atoms with van der Waals surface area (Å²) in [5, 5.41) is 6.98. The third kappa shape index (κ3) is 5.58. The van der Waals surface area contributed by atoms with Gasteiger partial charge in [0, 0.05) is 18.8 Å². The van der Waals surface area contributed by atoms with Gasteiger partial charge in [0.25, 0.3) is 0 Å². The molecule has 32 heavy (non-hydrogen) atoms. The highest BCUT2D eigenvalue weighted by Crippen LogP contribution is 2.19. The maximum Gasteiger partial charge on any atom is 0.322 e. The van der Waals surface area contributed by atoms with Gasteiger partial charge in [0.1, 0.15) is 24.3 Å². The fourth-order valence-corrected chi connectivity index (χ4v) is 3.27. The number of benzene rings is 2. The maximum absolute atomic E-state index is 13.7. The van der Waals surface area contributed by atoms with Crippen LogP contribution < -0.4 is 10.1 Å². The van der Waals surface area contributed by atoms with Crippen LogP contribution in [-0.4, -0.2) is 53.1 Å². The zero-order valence-corrected chi connectivity index (χ0v) is 17.0. The second kappa shape index (κ2) is 9.73. The van der Waals surface area contributed by atoms with Crippen molar-refractivity contribution in [3.8, 4) is 5.75 Å². The fraction of sp³-hybridized carbons (Fsp3) is 0.273. The Labute approximate surface area is 182 Å². The van der Waals surface area contributed by atoms with Crippen molar-refractivity contribution in [3.63, 3.8) is 0 Å². The molecule has 168 valence electrons. The first-order valence-corrected chi connectivity index (χ1v) is 9.98. The molecule has 10 heteroatoms. The van der Waals surface area contributed by atoms with Crippen LogP contribution in [0.2, 0.25) is 0 Å². The number of nitrogens with one attached hydrogen (secondary N) is 1. The number of amides is 2. The highest BCUT2D eigenvalue weighted by molar-refractivity contribution is 5.89. The predicted octanol–water partition coefficient (Wildman–Crippen LogP) is 3.66. The van der Waals surface area contributed by atoms with Gasteiger partial charge in [-0.05, 0) is 29.8 Å². The fourth-order valence-electron chi connectivity index (χ4n) is 3.27. The minimum Gasteiger partial charge on any atom is -0.488 e. The van der Waals surface area contributed by atoms with E-state index in [1.165, 1.54) is 18.3 Å². The lowest BCUT2D eigenvalue weighted by molar-refractivity contribution is -0.0342. The minimum absolute atomic E-state index is 0.0280. The van der Waals surface area contributed by atoms with Gasteiger partial charge in [-0.1, -0.05) is 12.1 Å². The van der Waals surface area contributed by atoms with Crippen molar-refractivity contribution >= 4 is 11.7 Å². The largest absolute Gasteiger partial charge is 0.488 e. The number of urea groups is 1. The zero-order chi connectivity index (χ0) is 22.5. The first-order chi connectivity index (χ1) is 15.5. The molecule has 0 bridgehead atoms. The van der Waals surface area contributed by atoms with E-state index in [4.69, 9.17) is 9.47 Å². The molecule has 1 aliphatic rings. The van der Waals surface area contributed by atoms with Crippen LogP contribution in [-0.2, 0) is 11.3 Å². The second-order valence-corrected chi connectivity index (χ2v) is 7.31. The van der Waals surface area contributed by atoms with E-state index in [-0.39, 0.29) is 37.4 Å². The summed E-state index contributed by atoms with van der Waals surface area (Å²) in [4.78, 5) is 14.2. The lowest BCUT2D eigenvalue weighted by atomic mass is 10.2. The molecule has 3 aromatic rings. The minimum atomic E-state index is -0.672. The van der Waals surface area contributed by atoms with Gasteiger partial charge in [0.15, 0.2) is 11.6 Å². The molecule has 1 atom stereocenters. The Morgan fingerprint density at radius 2 is 1.94 bits per heavy atom. The van der Waals surface area contributed by atoms with Gasteiger partial charge in [0.2, 0.25) is 0 Å². The Morgan fingerprint density at radius 3 is 2.75 bits per heavy atom. The van der Waals surface area contributed by atoms with Gasteiger partial charge in [-0.25, -0.2) is 18.0 Å². The third-order valence-electron chi connectivity index (χ3n) is 4.89. The standard InChI is InChI=1S/C22H21F3N4O3/c23-16-3-1-15(2-4-16)11-29-12-18(10-26-29)27-22(30)28-7-8-31-19(13-28)14-32-21-9-17(24)5-6-20(21)25/h1-6,9-10,12,19H,7-8,11,13-14H2,(H,27,30). The molecule has 0 saturated carbocycles. The second-order valence-electron chi connectivity index (χ2n) is 7.31. The van der Waals surface area contributed by atoms with Crippen LogP contribution in [0.4, 0.5) is 23.7 Å². The topological polar surface area (TPSA) is 68.6 Å². The first-order valence-electron chi connectivity index (χ1n) is 9.98. The average molecular weight is 446 g/mol. The molecule has 1 aromatic heterocycles. The summed E-state index contributed by atoms with van der Waals surface area (Å²) in [6.07, 6.45) is 2.71. The number of carbonyl (C=O) groups excluding carboxylic acids is 1. The highest BCUT2D eigenvalue weighted by Gasteiger charge is 2.25. The number of ether oxygens (including phenoxy) is 2. The molecule has 0 radical (unpaired) electrons. The lowest BCUT2D eigenvalue weighted by Crippen LogP contribution is -2.49. The number of nitrogens with zero attached hydrogens (tertiary/aromatic N) is 3. The Bertz CT molecular complexity index is 1070. The molecule has 2 amide bonds. The SMILES string of the molecule is O=C(Nc1cnn(Cc2ccc(F)cc2)c1)N1CCOC(COc2cc(F)ccc2F)C1. The number of hydrogen-bond donors (Lipinski definition) is 1. The number of halogens is 3. The van der Waals surface area contributed by atoms with E-state index >= 15 is 0 Å². The van der Waals surface area contributed by atoms with Gasteiger partial charge < -0.3 is 19.7 Å². The van der Waals surface area contributed by atoms with Crippen LogP contribution in [0, 0.1) is 17.5 Å². The number of aromatic nitrogens is 2. The highest BCUT2D eigenvalue weighted by atomic mass is 19.1. The van der Waals surface area contributed by atoms with Gasteiger partial charge in [-0.15, -0.1) is 0 Å². The molecule has 1 unspecified atom stereocenters. The molecule has 1 saturated heterocycles. The number of morpholine rings is 1. The van der Waals surface area contributed by atoms with Crippen molar-refractivity contribution < 1.29 is 27.4 Å². The van der Waals surface area contributed by atoms with E-state index in [1.54, 1.807) is 27.9 Å². The Hall–Kier alpha value is -3.53. The third-order valence-corrected chi connectivity index (χ3v) is 4.89. The van der Waals surface area contributed by atoms with Gasteiger partial charge in [-0.2, -0.15) is 5.10 Å². The quantitative estimate of drug-likeness (QED) is 0.628. The van der Waals surface area contributed by atoms with E-state index in [0.717, 1.165) is 23.8 Å². The Morgan fingerprint density at radius 1 is 1.16 bits per heavy atom. The Kier molecular flexibility index (Phi) is 6.60. The molecule has 2 aromatic carbocycles. The first kappa shape index (κ1) is 21.7. The molecule has 1 aliphatic heterocycles. The maximum atomic E-state index is 13.7. The van der Waals surface area contributed by atoms with Crippen LogP contribution in [0.1, 0.15) is 5.56 Å².